The van der Waals surface area contributed by atoms with Gasteiger partial charge in [-0.15, -0.1) is 0 Å². The number of amides is 1. The van der Waals surface area contributed by atoms with Gasteiger partial charge in [0.05, 0.1) is 36.3 Å². The predicted molar refractivity (Wildman–Crippen MR) is 110 cm³/mol. The van der Waals surface area contributed by atoms with E-state index < -0.39 is 23.7 Å². The van der Waals surface area contributed by atoms with Gasteiger partial charge in [-0.1, -0.05) is 6.07 Å². The zero-order chi connectivity index (χ0) is 22.0. The average molecular weight is 422 g/mol. The minimum Gasteiger partial charge on any atom is -0.497 e. The molecule has 4 rings (SSSR count). The summed E-state index contributed by atoms with van der Waals surface area (Å²) in [4.78, 5) is 32.2. The number of hydrogen-bond donors (Lipinski definition) is 1. The molecule has 8 nitrogen and oxygen atoms in total. The molecule has 2 heterocycles. The first-order chi connectivity index (χ1) is 15.0. The van der Waals surface area contributed by atoms with E-state index in [2.05, 4.69) is 15.1 Å². The number of methoxy groups -OCH3 is 1. The SMILES string of the molecule is COc1ccc(C2=NN(C(=O)CCC(=O)O)[C@@H](c3ccc4nccnc4c3)C2)c(F)c1. The fourth-order valence-electron chi connectivity index (χ4n) is 3.54. The van der Waals surface area contributed by atoms with Crippen LogP contribution in [0.25, 0.3) is 11.0 Å². The number of carbonyl (C=O) groups excluding carboxylic acids is 1. The number of ether oxygens (including phenoxy) is 1. The highest BCUT2D eigenvalue weighted by atomic mass is 19.1. The second-order valence-electron chi connectivity index (χ2n) is 7.05. The van der Waals surface area contributed by atoms with Gasteiger partial charge >= 0.3 is 5.97 Å². The highest BCUT2D eigenvalue weighted by molar-refractivity contribution is 6.03. The maximum Gasteiger partial charge on any atom is 0.303 e. The van der Waals surface area contributed by atoms with Crippen LogP contribution in [-0.4, -0.2) is 44.8 Å². The number of aromatic nitrogens is 2. The molecule has 158 valence electrons. The smallest absolute Gasteiger partial charge is 0.303 e. The van der Waals surface area contributed by atoms with Gasteiger partial charge in [-0.05, 0) is 29.8 Å². The summed E-state index contributed by atoms with van der Waals surface area (Å²) < 4.78 is 19.7. The van der Waals surface area contributed by atoms with Gasteiger partial charge in [0.1, 0.15) is 11.6 Å². The fraction of sp³-hybridized carbons (Fsp3) is 0.227. The monoisotopic (exact) mass is 422 g/mol. The van der Waals surface area contributed by atoms with E-state index in [0.29, 0.717) is 22.5 Å². The number of aliphatic carboxylic acids is 1. The van der Waals surface area contributed by atoms with Gasteiger partial charge in [-0.2, -0.15) is 5.10 Å². The Morgan fingerprint density at radius 2 is 1.90 bits per heavy atom. The Morgan fingerprint density at radius 3 is 2.61 bits per heavy atom. The molecule has 1 atom stereocenters. The Morgan fingerprint density at radius 1 is 1.13 bits per heavy atom. The van der Waals surface area contributed by atoms with Crippen LogP contribution in [0.15, 0.2) is 53.9 Å². The molecular formula is C22H19FN4O4. The number of benzene rings is 2. The maximum atomic E-state index is 14.6. The van der Waals surface area contributed by atoms with Crippen LogP contribution in [0.4, 0.5) is 4.39 Å². The molecule has 0 spiro atoms. The highest BCUT2D eigenvalue weighted by Gasteiger charge is 2.34. The van der Waals surface area contributed by atoms with Gasteiger partial charge in [-0.25, -0.2) is 9.40 Å². The van der Waals surface area contributed by atoms with Gasteiger partial charge in [-0.3, -0.25) is 19.6 Å². The molecule has 0 saturated heterocycles. The van der Waals surface area contributed by atoms with Crippen molar-refractivity contribution in [3.05, 3.63) is 65.7 Å². The first kappa shape index (κ1) is 20.4. The molecule has 3 aromatic rings. The molecule has 0 saturated carbocycles. The average Bonchev–Trinajstić information content (AvgIpc) is 3.22. The van der Waals surface area contributed by atoms with E-state index in [-0.39, 0.29) is 24.8 Å². The minimum atomic E-state index is -1.07. The standard InChI is InChI=1S/C22H19FN4O4/c1-31-14-3-4-15(16(23)11-14)18-12-20(27(26-18)21(28)6-7-22(29)30)13-2-5-17-19(10-13)25-9-8-24-17/h2-5,8-11,20H,6-7,12H2,1H3,(H,29,30)/t20-/m1/s1. The van der Waals surface area contributed by atoms with Crippen LogP contribution in [0, 0.1) is 5.82 Å². The molecule has 1 aromatic heterocycles. The van der Waals surface area contributed by atoms with Gasteiger partial charge in [0.2, 0.25) is 5.91 Å². The van der Waals surface area contributed by atoms with E-state index in [0.717, 1.165) is 5.56 Å². The topological polar surface area (TPSA) is 105 Å². The molecule has 0 bridgehead atoms. The minimum absolute atomic E-state index is 0.207. The van der Waals surface area contributed by atoms with Crippen molar-refractivity contribution in [2.24, 2.45) is 5.10 Å². The van der Waals surface area contributed by atoms with Gasteiger partial charge in [0.15, 0.2) is 0 Å². The van der Waals surface area contributed by atoms with Crippen molar-refractivity contribution in [1.82, 2.24) is 15.0 Å². The molecule has 0 radical (unpaired) electrons. The number of carbonyl (C=O) groups is 2. The number of fused-ring (bicyclic) bond motifs is 1. The lowest BCUT2D eigenvalue weighted by Crippen LogP contribution is -2.27. The predicted octanol–water partition coefficient (Wildman–Crippen LogP) is 3.32. The van der Waals surface area contributed by atoms with Crippen molar-refractivity contribution >= 4 is 28.6 Å². The summed E-state index contributed by atoms with van der Waals surface area (Å²) in [5.74, 6) is -1.66. The van der Waals surface area contributed by atoms with Crippen LogP contribution in [-0.2, 0) is 9.59 Å². The third-order valence-electron chi connectivity index (χ3n) is 5.08. The third-order valence-corrected chi connectivity index (χ3v) is 5.08. The summed E-state index contributed by atoms with van der Waals surface area (Å²) >= 11 is 0. The Bertz CT molecular complexity index is 1200. The van der Waals surface area contributed by atoms with Gasteiger partial charge in [0.25, 0.3) is 0 Å². The molecule has 9 heteroatoms. The molecule has 1 amide bonds. The Kier molecular flexibility index (Phi) is 5.57. The normalized spacial score (nSPS) is 15.7. The molecule has 1 N–H and O–H groups in total. The number of rotatable bonds is 6. The van der Waals surface area contributed by atoms with Crippen molar-refractivity contribution in [2.45, 2.75) is 25.3 Å². The van der Waals surface area contributed by atoms with E-state index in [1.165, 1.54) is 18.2 Å². The molecular weight excluding hydrogens is 403 g/mol. The van der Waals surface area contributed by atoms with Gasteiger partial charge in [0, 0.05) is 36.9 Å². The maximum absolute atomic E-state index is 14.6. The number of halogens is 1. The van der Waals surface area contributed by atoms with Crippen molar-refractivity contribution in [1.29, 1.82) is 0 Å². The van der Waals surface area contributed by atoms with Crippen LogP contribution in [0.5, 0.6) is 5.75 Å². The van der Waals surface area contributed by atoms with Crippen LogP contribution in [0.2, 0.25) is 0 Å². The van der Waals surface area contributed by atoms with E-state index in [1.54, 1.807) is 30.6 Å². The van der Waals surface area contributed by atoms with E-state index in [4.69, 9.17) is 9.84 Å². The van der Waals surface area contributed by atoms with E-state index in [9.17, 15) is 14.0 Å². The summed E-state index contributed by atoms with van der Waals surface area (Å²) in [6, 6.07) is 9.35. The quantitative estimate of drug-likeness (QED) is 0.653. The van der Waals surface area contributed by atoms with E-state index in [1.807, 2.05) is 12.1 Å². The summed E-state index contributed by atoms with van der Waals surface area (Å²) in [5.41, 5.74) is 2.77. The number of nitrogens with zero attached hydrogens (tertiary/aromatic N) is 4. The first-order valence-electron chi connectivity index (χ1n) is 9.62. The molecule has 1 aliphatic heterocycles. The Balaban J connectivity index is 1.71. The number of carboxylic acids is 1. The van der Waals surface area contributed by atoms with Crippen LogP contribution in [0.1, 0.15) is 36.4 Å². The second-order valence-corrected chi connectivity index (χ2v) is 7.05. The highest BCUT2D eigenvalue weighted by Crippen LogP contribution is 2.35. The largest absolute Gasteiger partial charge is 0.497 e. The zero-order valence-corrected chi connectivity index (χ0v) is 16.7. The lowest BCUT2D eigenvalue weighted by Gasteiger charge is -2.22. The molecule has 0 unspecified atom stereocenters. The zero-order valence-electron chi connectivity index (χ0n) is 16.7. The summed E-state index contributed by atoms with van der Waals surface area (Å²) in [5, 5.41) is 14.6. The van der Waals surface area contributed by atoms with E-state index >= 15 is 0 Å². The number of carboxylic acid groups (broad SMARTS) is 1. The number of hydrazone groups is 1. The second kappa shape index (κ2) is 8.47. The van der Waals surface area contributed by atoms with Gasteiger partial charge < -0.3 is 9.84 Å². The number of hydrogen-bond acceptors (Lipinski definition) is 6. The van der Waals surface area contributed by atoms with Crippen molar-refractivity contribution < 1.29 is 23.8 Å². The summed E-state index contributed by atoms with van der Waals surface area (Å²) in [6.07, 6.45) is 2.92. The lowest BCUT2D eigenvalue weighted by molar-refractivity contribution is -0.141. The molecule has 2 aromatic carbocycles. The van der Waals surface area contributed by atoms with Crippen LogP contribution < -0.4 is 4.74 Å². The van der Waals surface area contributed by atoms with Crippen LogP contribution in [0.3, 0.4) is 0 Å². The Hall–Kier alpha value is -3.88. The molecule has 0 fully saturated rings. The summed E-state index contributed by atoms with van der Waals surface area (Å²) in [7, 11) is 1.45. The first-order valence-corrected chi connectivity index (χ1v) is 9.62. The van der Waals surface area contributed by atoms with Crippen molar-refractivity contribution in [2.75, 3.05) is 7.11 Å². The third kappa shape index (κ3) is 4.20. The molecule has 0 aliphatic carbocycles. The Labute approximate surface area is 177 Å². The lowest BCUT2D eigenvalue weighted by atomic mass is 9.97. The molecule has 31 heavy (non-hydrogen) atoms. The van der Waals surface area contributed by atoms with Crippen molar-refractivity contribution in [3.63, 3.8) is 0 Å². The van der Waals surface area contributed by atoms with Crippen molar-refractivity contribution in [3.8, 4) is 5.75 Å². The molecule has 1 aliphatic rings. The van der Waals surface area contributed by atoms with Crippen LogP contribution >= 0.6 is 0 Å². The summed E-state index contributed by atoms with van der Waals surface area (Å²) in [6.45, 7) is 0. The fourth-order valence-corrected chi connectivity index (χ4v) is 3.54.